The van der Waals surface area contributed by atoms with Crippen molar-refractivity contribution in [2.45, 2.75) is 43.9 Å². The van der Waals surface area contributed by atoms with Crippen molar-refractivity contribution in [3.63, 3.8) is 0 Å². The van der Waals surface area contributed by atoms with Gasteiger partial charge in [-0.2, -0.15) is 0 Å². The van der Waals surface area contributed by atoms with Gasteiger partial charge in [0.25, 0.3) is 0 Å². The molecule has 0 saturated carbocycles. The summed E-state index contributed by atoms with van der Waals surface area (Å²) in [6.07, 6.45) is 4.08. The maximum atomic E-state index is 13.2. The number of hydrogen-bond donors (Lipinski definition) is 0. The second-order valence-electron chi connectivity index (χ2n) is 11.9. The van der Waals surface area contributed by atoms with E-state index in [1.807, 2.05) is 11.8 Å². The van der Waals surface area contributed by atoms with Crippen LogP contribution < -0.4 is 0 Å². The summed E-state index contributed by atoms with van der Waals surface area (Å²) in [6, 6.07) is 32.1. The van der Waals surface area contributed by atoms with Gasteiger partial charge in [-0.15, -0.1) is 0 Å². The predicted octanol–water partition coefficient (Wildman–Crippen LogP) is 5.75. The molecule has 0 bridgehead atoms. The Labute approximate surface area is 277 Å². The van der Waals surface area contributed by atoms with Crippen LogP contribution >= 0.6 is 11.8 Å². The van der Waals surface area contributed by atoms with Crippen molar-refractivity contribution in [2.75, 3.05) is 52.4 Å². The standard InChI is InChI=1S/C38H45N3O4S/c1-3-45-37(44)20-13-23-39-26-27-40(36(43)29-39)24-21-31-28-41(25-22-35(31)46-30(2)42)38(32-14-7-4-8-15-32,33-16-9-5-10-17-33)34-18-11-6-12-19-34/h4-12,14-19,21,35H,3,13,20,22-29H2,1-2H3. The fourth-order valence-electron chi connectivity index (χ4n) is 6.81. The molecule has 8 heteroatoms. The molecule has 0 spiro atoms. The molecule has 3 aromatic carbocycles. The van der Waals surface area contributed by atoms with E-state index in [0.29, 0.717) is 52.2 Å². The van der Waals surface area contributed by atoms with Crippen LogP contribution in [0.15, 0.2) is 103 Å². The fourth-order valence-corrected chi connectivity index (χ4v) is 7.76. The summed E-state index contributed by atoms with van der Waals surface area (Å²) in [4.78, 5) is 43.9. The third-order valence-electron chi connectivity index (χ3n) is 8.94. The number of amides is 1. The summed E-state index contributed by atoms with van der Waals surface area (Å²) in [5.74, 6) is -0.0933. The van der Waals surface area contributed by atoms with Gasteiger partial charge in [-0.3, -0.25) is 24.2 Å². The topological polar surface area (TPSA) is 70.2 Å². The van der Waals surface area contributed by atoms with E-state index >= 15 is 0 Å². The quantitative estimate of drug-likeness (QED) is 0.142. The van der Waals surface area contributed by atoms with Gasteiger partial charge in [0.05, 0.1) is 18.7 Å². The number of likely N-dealkylation sites (tertiary alicyclic amines) is 1. The van der Waals surface area contributed by atoms with E-state index in [0.717, 1.165) is 19.5 Å². The van der Waals surface area contributed by atoms with Crippen LogP contribution in [0.4, 0.5) is 0 Å². The number of thioether (sulfide) groups is 1. The van der Waals surface area contributed by atoms with Crippen LogP contribution in [-0.2, 0) is 24.7 Å². The first-order valence-corrected chi connectivity index (χ1v) is 17.2. The second kappa shape index (κ2) is 16.2. The molecular formula is C38H45N3O4S. The van der Waals surface area contributed by atoms with Gasteiger partial charge in [0, 0.05) is 51.3 Å². The van der Waals surface area contributed by atoms with Crippen LogP contribution in [0.25, 0.3) is 0 Å². The van der Waals surface area contributed by atoms with Crippen molar-refractivity contribution in [2.24, 2.45) is 0 Å². The maximum Gasteiger partial charge on any atom is 0.305 e. The Kier molecular flexibility index (Phi) is 11.9. The average Bonchev–Trinajstić information content (AvgIpc) is 3.07. The van der Waals surface area contributed by atoms with Crippen molar-refractivity contribution < 1.29 is 19.1 Å². The Balaban J connectivity index is 1.40. The van der Waals surface area contributed by atoms with Crippen molar-refractivity contribution in [3.05, 3.63) is 119 Å². The SMILES string of the molecule is CCOC(=O)CCCN1CCN(CC=C2CN(C(c3ccccc3)(c3ccccc3)c3ccccc3)CCC2SC(C)=O)C(=O)C1. The van der Waals surface area contributed by atoms with Gasteiger partial charge in [-0.25, -0.2) is 0 Å². The summed E-state index contributed by atoms with van der Waals surface area (Å²) >= 11 is 1.40. The molecule has 2 heterocycles. The van der Waals surface area contributed by atoms with Crippen LogP contribution in [0.3, 0.4) is 0 Å². The average molecular weight is 640 g/mol. The van der Waals surface area contributed by atoms with E-state index in [9.17, 15) is 14.4 Å². The summed E-state index contributed by atoms with van der Waals surface area (Å²) < 4.78 is 5.03. The first kappa shape index (κ1) is 33.6. The lowest BCUT2D eigenvalue weighted by Gasteiger charge is -2.49. The van der Waals surface area contributed by atoms with Gasteiger partial charge in [0.1, 0.15) is 0 Å². The summed E-state index contributed by atoms with van der Waals surface area (Å²) in [6.45, 7) is 8.30. The molecule has 1 atom stereocenters. The minimum atomic E-state index is -0.542. The molecule has 2 aliphatic heterocycles. The number of carbonyl (C=O) groups is 3. The molecule has 242 valence electrons. The van der Waals surface area contributed by atoms with Crippen molar-refractivity contribution in [1.29, 1.82) is 0 Å². The van der Waals surface area contributed by atoms with Crippen LogP contribution in [0, 0.1) is 0 Å². The van der Waals surface area contributed by atoms with E-state index in [1.54, 1.807) is 6.92 Å². The molecule has 2 fully saturated rings. The molecule has 1 unspecified atom stereocenters. The number of esters is 1. The van der Waals surface area contributed by atoms with Crippen molar-refractivity contribution in [1.82, 2.24) is 14.7 Å². The fraction of sp³-hybridized carbons (Fsp3) is 0.395. The molecule has 0 aromatic heterocycles. The predicted molar refractivity (Wildman–Crippen MR) is 184 cm³/mol. The molecule has 0 radical (unpaired) electrons. The van der Waals surface area contributed by atoms with Gasteiger partial charge < -0.3 is 9.64 Å². The van der Waals surface area contributed by atoms with Crippen LogP contribution in [0.1, 0.15) is 49.8 Å². The summed E-state index contributed by atoms with van der Waals surface area (Å²) in [5, 5.41) is 0.172. The minimum absolute atomic E-state index is 0.0630. The van der Waals surface area contributed by atoms with E-state index in [4.69, 9.17) is 4.74 Å². The third-order valence-corrected chi connectivity index (χ3v) is 10.1. The number of piperidine rings is 1. The molecule has 0 aliphatic carbocycles. The van der Waals surface area contributed by atoms with Crippen molar-refractivity contribution >= 4 is 28.8 Å². The van der Waals surface area contributed by atoms with Crippen LogP contribution in [-0.4, -0.2) is 89.4 Å². The Morgan fingerprint density at radius 1 is 0.870 bits per heavy atom. The zero-order chi connectivity index (χ0) is 32.4. The molecule has 2 saturated heterocycles. The Bertz CT molecular complexity index is 1380. The lowest BCUT2D eigenvalue weighted by atomic mass is 9.74. The van der Waals surface area contributed by atoms with E-state index in [1.165, 1.54) is 34.0 Å². The Morgan fingerprint density at radius 2 is 1.46 bits per heavy atom. The number of hydrogen-bond acceptors (Lipinski definition) is 7. The van der Waals surface area contributed by atoms with Gasteiger partial charge in [0.2, 0.25) is 5.91 Å². The van der Waals surface area contributed by atoms with E-state index < -0.39 is 5.54 Å². The minimum Gasteiger partial charge on any atom is -0.466 e. The number of ether oxygens (including phenoxy) is 1. The lowest BCUT2D eigenvalue weighted by molar-refractivity contribution is -0.143. The maximum absolute atomic E-state index is 13.2. The summed E-state index contributed by atoms with van der Waals surface area (Å²) in [5.41, 5.74) is 4.22. The Morgan fingerprint density at radius 3 is 1.98 bits per heavy atom. The van der Waals surface area contributed by atoms with Gasteiger partial charge in [0.15, 0.2) is 5.12 Å². The number of rotatable bonds is 12. The monoisotopic (exact) mass is 639 g/mol. The number of benzene rings is 3. The highest BCUT2D eigenvalue weighted by Crippen LogP contribution is 2.45. The first-order valence-electron chi connectivity index (χ1n) is 16.3. The molecule has 1 amide bonds. The largest absolute Gasteiger partial charge is 0.466 e. The molecular weight excluding hydrogens is 595 g/mol. The normalized spacial score (nSPS) is 18.9. The summed E-state index contributed by atoms with van der Waals surface area (Å²) in [7, 11) is 0. The molecule has 3 aromatic rings. The molecule has 46 heavy (non-hydrogen) atoms. The molecule has 0 N–H and O–H groups in total. The third kappa shape index (κ3) is 7.97. The highest BCUT2D eigenvalue weighted by atomic mass is 32.2. The molecule has 7 nitrogen and oxygen atoms in total. The zero-order valence-corrected chi connectivity index (χ0v) is 27.8. The van der Waals surface area contributed by atoms with Gasteiger partial charge in [-0.1, -0.05) is 109 Å². The van der Waals surface area contributed by atoms with Gasteiger partial charge in [-0.05, 0) is 48.6 Å². The van der Waals surface area contributed by atoms with Crippen molar-refractivity contribution in [3.8, 4) is 0 Å². The number of carbonyl (C=O) groups excluding carboxylic acids is 3. The van der Waals surface area contributed by atoms with Crippen LogP contribution in [0.2, 0.25) is 0 Å². The number of piperazine rings is 1. The van der Waals surface area contributed by atoms with E-state index in [2.05, 4.69) is 107 Å². The highest BCUT2D eigenvalue weighted by Gasteiger charge is 2.44. The highest BCUT2D eigenvalue weighted by molar-refractivity contribution is 8.14. The van der Waals surface area contributed by atoms with E-state index in [-0.39, 0.29) is 22.2 Å². The second-order valence-corrected chi connectivity index (χ2v) is 13.3. The molecule has 5 rings (SSSR count). The zero-order valence-electron chi connectivity index (χ0n) is 27.0. The smallest absolute Gasteiger partial charge is 0.305 e. The lowest BCUT2D eigenvalue weighted by Crippen LogP contribution is -2.53. The molecule has 2 aliphatic rings. The number of nitrogens with zero attached hydrogens (tertiary/aromatic N) is 3. The van der Waals surface area contributed by atoms with Crippen LogP contribution in [0.5, 0.6) is 0 Å². The first-order chi connectivity index (χ1) is 22.4. The van der Waals surface area contributed by atoms with Gasteiger partial charge >= 0.3 is 5.97 Å². The Hall–Kier alpha value is -3.72.